The molecular weight excluding hydrogens is 344 g/mol. The largest absolute Gasteiger partial charge is 0.442 e. The van der Waals surface area contributed by atoms with Gasteiger partial charge in [-0.15, -0.1) is 0 Å². The zero-order chi connectivity index (χ0) is 20.2. The van der Waals surface area contributed by atoms with Crippen molar-refractivity contribution in [2.75, 3.05) is 7.05 Å². The lowest BCUT2D eigenvalue weighted by atomic mass is 9.81. The van der Waals surface area contributed by atoms with Crippen molar-refractivity contribution in [2.45, 2.75) is 59.0 Å². The predicted molar refractivity (Wildman–Crippen MR) is 104 cm³/mol. The number of ketones is 2. The van der Waals surface area contributed by atoms with Crippen LogP contribution < -0.4 is 0 Å². The van der Waals surface area contributed by atoms with Gasteiger partial charge in [0.1, 0.15) is 17.3 Å². The second-order valence-electron chi connectivity index (χ2n) is 7.76. The topological polar surface area (TPSA) is 76.0 Å². The number of Topliss-reactive ketones (excluding diaryl/α,β-unsaturated/α-hetero) is 2. The van der Waals surface area contributed by atoms with Gasteiger partial charge in [-0.3, -0.25) is 9.59 Å². The van der Waals surface area contributed by atoms with E-state index in [2.05, 4.69) is 5.10 Å². The van der Waals surface area contributed by atoms with Crippen molar-refractivity contribution in [3.63, 3.8) is 0 Å². The highest BCUT2D eigenvalue weighted by atomic mass is 16.6. The summed E-state index contributed by atoms with van der Waals surface area (Å²) in [6.07, 6.45) is 1.73. The summed E-state index contributed by atoms with van der Waals surface area (Å²) >= 11 is 0. The monoisotopic (exact) mass is 372 g/mol. The van der Waals surface area contributed by atoms with E-state index in [1.54, 1.807) is 32.9 Å². The van der Waals surface area contributed by atoms with Crippen molar-refractivity contribution >= 4 is 23.4 Å². The number of carbonyl (C=O) groups is 3. The summed E-state index contributed by atoms with van der Waals surface area (Å²) in [5.74, 6) is -1.35. The van der Waals surface area contributed by atoms with E-state index >= 15 is 0 Å². The zero-order valence-corrected chi connectivity index (χ0v) is 16.7. The van der Waals surface area contributed by atoms with Crippen LogP contribution in [0.15, 0.2) is 29.4 Å². The van der Waals surface area contributed by atoms with E-state index < -0.39 is 17.6 Å². The molecule has 1 aliphatic carbocycles. The fourth-order valence-corrected chi connectivity index (χ4v) is 2.96. The molecule has 0 saturated heterocycles. The summed E-state index contributed by atoms with van der Waals surface area (Å²) in [5.41, 5.74) is 1.38. The fourth-order valence-electron chi connectivity index (χ4n) is 2.96. The lowest BCUT2D eigenvalue weighted by Crippen LogP contribution is -2.38. The quantitative estimate of drug-likeness (QED) is 0.454. The van der Waals surface area contributed by atoms with Crippen LogP contribution in [0.25, 0.3) is 0 Å². The predicted octanol–water partition coefficient (Wildman–Crippen LogP) is 4.02. The van der Waals surface area contributed by atoms with Gasteiger partial charge in [-0.1, -0.05) is 31.2 Å². The Morgan fingerprint density at radius 3 is 2.37 bits per heavy atom. The number of aryl methyl sites for hydroxylation is 1. The molecule has 0 spiro atoms. The summed E-state index contributed by atoms with van der Waals surface area (Å²) in [4.78, 5) is 37.6. The summed E-state index contributed by atoms with van der Waals surface area (Å²) < 4.78 is 5.28. The van der Waals surface area contributed by atoms with Crippen molar-refractivity contribution in [2.24, 2.45) is 11.0 Å². The summed E-state index contributed by atoms with van der Waals surface area (Å²) in [6, 6.07) is 7.28. The number of hydrogen-bond donors (Lipinski definition) is 0. The number of ether oxygens (including phenoxy) is 1. The second-order valence-corrected chi connectivity index (χ2v) is 7.76. The molecule has 1 unspecified atom stereocenters. The van der Waals surface area contributed by atoms with Crippen molar-refractivity contribution < 1.29 is 19.1 Å². The Morgan fingerprint density at radius 2 is 1.81 bits per heavy atom. The molecule has 1 saturated carbocycles. The van der Waals surface area contributed by atoms with Crippen molar-refractivity contribution in [1.82, 2.24) is 5.01 Å². The molecule has 1 atom stereocenters. The van der Waals surface area contributed by atoms with Gasteiger partial charge in [0, 0.05) is 19.0 Å². The van der Waals surface area contributed by atoms with Crippen molar-refractivity contribution in [3.8, 4) is 0 Å². The Hall–Kier alpha value is -2.50. The summed E-state index contributed by atoms with van der Waals surface area (Å²) in [7, 11) is 1.47. The van der Waals surface area contributed by atoms with Crippen LogP contribution in [0.2, 0.25) is 0 Å². The van der Waals surface area contributed by atoms with E-state index in [1.807, 2.05) is 19.1 Å². The van der Waals surface area contributed by atoms with Crippen molar-refractivity contribution in [3.05, 3.63) is 35.4 Å². The molecule has 1 aromatic rings. The van der Waals surface area contributed by atoms with Gasteiger partial charge in [0.15, 0.2) is 5.78 Å². The Bertz CT molecular complexity index is 744. The molecule has 2 rings (SSSR count). The number of nitrogens with zero attached hydrogens (tertiary/aromatic N) is 2. The molecule has 6 heteroatoms. The number of rotatable bonds is 4. The standard InChI is InChI=1S/C21H28N2O4/c1-6-14-10-12-15(13-11-14)19(25)18-16(8-7-9-17(18)24)22-23(5)20(26)27-21(2,3)4/h10-13,18H,6-9H2,1-5H3/b22-16-. The molecule has 0 aromatic heterocycles. The minimum atomic E-state index is -0.934. The van der Waals surface area contributed by atoms with Crippen LogP contribution in [-0.2, 0) is 16.0 Å². The Kier molecular flexibility index (Phi) is 6.52. The van der Waals surface area contributed by atoms with E-state index in [1.165, 1.54) is 7.05 Å². The van der Waals surface area contributed by atoms with E-state index in [0.29, 0.717) is 30.5 Å². The Labute approximate surface area is 160 Å². The first-order chi connectivity index (χ1) is 12.6. The lowest BCUT2D eigenvalue weighted by molar-refractivity contribution is -0.120. The van der Waals surface area contributed by atoms with Gasteiger partial charge in [-0.25, -0.2) is 9.80 Å². The zero-order valence-electron chi connectivity index (χ0n) is 16.7. The molecule has 6 nitrogen and oxygen atoms in total. The van der Waals surface area contributed by atoms with E-state index in [4.69, 9.17) is 4.74 Å². The Balaban J connectivity index is 2.26. The maximum atomic E-state index is 13.0. The normalized spacial score (nSPS) is 19.1. The average molecular weight is 372 g/mol. The number of amides is 1. The first-order valence-electron chi connectivity index (χ1n) is 9.32. The molecule has 1 aromatic carbocycles. The fraction of sp³-hybridized carbons (Fsp3) is 0.524. The molecule has 146 valence electrons. The van der Waals surface area contributed by atoms with Crippen LogP contribution in [0.4, 0.5) is 4.79 Å². The smallest absolute Gasteiger partial charge is 0.430 e. The molecule has 1 fully saturated rings. The molecule has 0 radical (unpaired) electrons. The van der Waals surface area contributed by atoms with E-state index in [-0.39, 0.29) is 11.6 Å². The maximum Gasteiger partial charge on any atom is 0.430 e. The summed E-state index contributed by atoms with van der Waals surface area (Å²) in [6.45, 7) is 7.34. The van der Waals surface area contributed by atoms with Gasteiger partial charge in [0.05, 0.1) is 5.71 Å². The first-order valence-corrected chi connectivity index (χ1v) is 9.32. The van der Waals surface area contributed by atoms with Crippen LogP contribution in [0, 0.1) is 5.92 Å². The Morgan fingerprint density at radius 1 is 1.19 bits per heavy atom. The first kappa shape index (κ1) is 20.8. The van der Waals surface area contributed by atoms with Gasteiger partial charge in [-0.2, -0.15) is 5.10 Å². The number of hydrogen-bond acceptors (Lipinski definition) is 5. The highest BCUT2D eigenvalue weighted by Crippen LogP contribution is 2.24. The van der Waals surface area contributed by atoms with Crippen LogP contribution in [0.5, 0.6) is 0 Å². The molecule has 0 heterocycles. The molecule has 1 aliphatic rings. The average Bonchev–Trinajstić information content (AvgIpc) is 2.60. The van der Waals surface area contributed by atoms with E-state index in [0.717, 1.165) is 17.0 Å². The third kappa shape index (κ3) is 5.49. The third-order valence-electron chi connectivity index (χ3n) is 4.36. The van der Waals surface area contributed by atoms with E-state index in [9.17, 15) is 14.4 Å². The van der Waals surface area contributed by atoms with Crippen LogP contribution in [-0.4, -0.2) is 41.0 Å². The number of hydrazone groups is 1. The minimum Gasteiger partial charge on any atom is -0.442 e. The van der Waals surface area contributed by atoms with Gasteiger partial charge < -0.3 is 4.74 Å². The molecule has 1 amide bonds. The van der Waals surface area contributed by atoms with Crippen LogP contribution in [0.1, 0.15) is 62.9 Å². The molecule has 0 N–H and O–H groups in total. The molecule has 0 aliphatic heterocycles. The highest BCUT2D eigenvalue weighted by Gasteiger charge is 2.36. The number of benzene rings is 1. The van der Waals surface area contributed by atoms with Crippen LogP contribution >= 0.6 is 0 Å². The molecular formula is C21H28N2O4. The van der Waals surface area contributed by atoms with Gasteiger partial charge in [0.2, 0.25) is 0 Å². The van der Waals surface area contributed by atoms with Crippen molar-refractivity contribution in [1.29, 1.82) is 0 Å². The lowest BCUT2D eigenvalue weighted by Gasteiger charge is -2.25. The highest BCUT2D eigenvalue weighted by molar-refractivity contribution is 6.26. The van der Waals surface area contributed by atoms with Gasteiger partial charge in [0.25, 0.3) is 0 Å². The molecule has 27 heavy (non-hydrogen) atoms. The van der Waals surface area contributed by atoms with Gasteiger partial charge >= 0.3 is 6.09 Å². The summed E-state index contributed by atoms with van der Waals surface area (Å²) in [5, 5.41) is 5.34. The number of carbonyl (C=O) groups excluding carboxylic acids is 3. The maximum absolute atomic E-state index is 13.0. The SMILES string of the molecule is CCc1ccc(C(=O)C2C(=O)CCC/C2=N/N(C)C(=O)OC(C)(C)C)cc1. The van der Waals surface area contributed by atoms with Gasteiger partial charge in [-0.05, 0) is 45.6 Å². The third-order valence-corrected chi connectivity index (χ3v) is 4.36. The molecule has 0 bridgehead atoms. The minimum absolute atomic E-state index is 0.151. The van der Waals surface area contributed by atoms with Crippen LogP contribution in [0.3, 0.4) is 0 Å². The second kappa shape index (κ2) is 8.46.